The first kappa shape index (κ1) is 23.3. The Hall–Kier alpha value is -3.85. The molecule has 0 saturated heterocycles. The van der Waals surface area contributed by atoms with Crippen molar-refractivity contribution in [2.24, 2.45) is 0 Å². The zero-order valence-electron chi connectivity index (χ0n) is 18.2. The molecule has 0 aliphatic rings. The molecule has 0 aliphatic carbocycles. The Balaban J connectivity index is 1.74. The molecule has 9 heteroatoms. The lowest BCUT2D eigenvalue weighted by Crippen LogP contribution is -2.22. The third-order valence-corrected chi connectivity index (χ3v) is 5.52. The first-order valence-electron chi connectivity index (χ1n) is 10.1. The number of hydrogen-bond acceptors (Lipinski definition) is 6. The molecule has 4 aromatic rings. The summed E-state index contributed by atoms with van der Waals surface area (Å²) in [6, 6.07) is 15.4. The maximum Gasteiger partial charge on any atom is 0.262 e. The molecule has 0 aliphatic heterocycles. The Morgan fingerprint density at radius 2 is 1.76 bits per heavy atom. The highest BCUT2D eigenvalue weighted by Gasteiger charge is 2.21. The summed E-state index contributed by atoms with van der Waals surface area (Å²) in [4.78, 5) is 25.7. The monoisotopic (exact) mass is 527 g/mol. The van der Waals surface area contributed by atoms with Crippen LogP contribution in [0.3, 0.4) is 0 Å². The van der Waals surface area contributed by atoms with Crippen LogP contribution in [-0.4, -0.2) is 26.7 Å². The van der Waals surface area contributed by atoms with E-state index in [1.807, 2.05) is 0 Å². The van der Waals surface area contributed by atoms with Gasteiger partial charge in [0, 0.05) is 11.3 Å². The average molecular weight is 528 g/mol. The van der Waals surface area contributed by atoms with E-state index < -0.39 is 23.8 Å². The zero-order chi connectivity index (χ0) is 24.2. The molecule has 0 unspecified atom stereocenters. The van der Waals surface area contributed by atoms with Gasteiger partial charge in [-0.25, -0.2) is 4.39 Å². The van der Waals surface area contributed by atoms with Gasteiger partial charge in [0.05, 0.1) is 24.1 Å². The number of methoxy groups -OCH3 is 2. The summed E-state index contributed by atoms with van der Waals surface area (Å²) < 4.78 is 36.1. The lowest BCUT2D eigenvalue weighted by molar-refractivity contribution is -0.118. The highest BCUT2D eigenvalue weighted by atomic mass is 79.9. The molecule has 0 bridgehead atoms. The van der Waals surface area contributed by atoms with Gasteiger partial charge in [-0.3, -0.25) is 9.59 Å². The normalized spacial score (nSPS) is 10.7. The molecule has 0 radical (unpaired) electrons. The summed E-state index contributed by atoms with van der Waals surface area (Å²) in [6.07, 6.45) is 0. The maximum absolute atomic E-state index is 13.3. The lowest BCUT2D eigenvalue weighted by Gasteiger charge is -2.15. The summed E-state index contributed by atoms with van der Waals surface area (Å²) in [7, 11) is 2.99. The molecule has 34 heavy (non-hydrogen) atoms. The Kier molecular flexibility index (Phi) is 6.83. The van der Waals surface area contributed by atoms with Gasteiger partial charge in [-0.1, -0.05) is 12.1 Å². The fourth-order valence-electron chi connectivity index (χ4n) is 3.36. The van der Waals surface area contributed by atoms with Crippen molar-refractivity contribution < 1.29 is 27.8 Å². The summed E-state index contributed by atoms with van der Waals surface area (Å²) in [6.45, 7) is -0.470. The SMILES string of the molecule is COc1cc(-c2oc3ccccc3c(=O)c2OCC(=O)Nc2ccc(F)cc2)cc(Br)c1OC. The molecule has 0 spiro atoms. The first-order chi connectivity index (χ1) is 16.4. The van der Waals surface area contributed by atoms with Gasteiger partial charge in [0.15, 0.2) is 23.9 Å². The molecule has 1 aromatic heterocycles. The second kappa shape index (κ2) is 9.96. The molecule has 1 heterocycles. The van der Waals surface area contributed by atoms with Crippen molar-refractivity contribution in [1.82, 2.24) is 0 Å². The number of benzene rings is 3. The lowest BCUT2D eigenvalue weighted by atomic mass is 10.1. The van der Waals surface area contributed by atoms with Crippen LogP contribution in [0, 0.1) is 5.82 Å². The van der Waals surface area contributed by atoms with E-state index in [1.54, 1.807) is 36.4 Å². The van der Waals surface area contributed by atoms with Gasteiger partial charge in [-0.2, -0.15) is 0 Å². The minimum atomic E-state index is -0.529. The number of carbonyl (C=O) groups is 1. The Labute approximate surface area is 202 Å². The van der Waals surface area contributed by atoms with E-state index in [4.69, 9.17) is 18.6 Å². The van der Waals surface area contributed by atoms with E-state index in [2.05, 4.69) is 21.2 Å². The number of rotatable bonds is 7. The Bertz CT molecular complexity index is 1420. The molecule has 4 rings (SSSR count). The second-order valence-electron chi connectivity index (χ2n) is 7.12. The number of hydrogen-bond donors (Lipinski definition) is 1. The van der Waals surface area contributed by atoms with Gasteiger partial charge in [0.1, 0.15) is 11.4 Å². The highest BCUT2D eigenvalue weighted by molar-refractivity contribution is 9.10. The minimum Gasteiger partial charge on any atom is -0.493 e. The Morgan fingerprint density at radius 1 is 1.03 bits per heavy atom. The number of ether oxygens (including phenoxy) is 3. The summed E-state index contributed by atoms with van der Waals surface area (Å²) in [5.41, 5.74) is 0.791. The molecule has 1 amide bonds. The predicted octanol–water partition coefficient (Wildman–Crippen LogP) is 5.40. The predicted molar refractivity (Wildman–Crippen MR) is 129 cm³/mol. The third-order valence-electron chi connectivity index (χ3n) is 4.93. The van der Waals surface area contributed by atoms with Crippen LogP contribution in [0.5, 0.6) is 17.2 Å². The fraction of sp³-hybridized carbons (Fsp3) is 0.120. The summed E-state index contributed by atoms with van der Waals surface area (Å²) in [5.74, 6) is -0.0856. The topological polar surface area (TPSA) is 87.0 Å². The molecular formula is C25H19BrFNO6. The number of anilines is 1. The zero-order valence-corrected chi connectivity index (χ0v) is 19.8. The van der Waals surface area contributed by atoms with Crippen LogP contribution >= 0.6 is 15.9 Å². The van der Waals surface area contributed by atoms with Crippen LogP contribution < -0.4 is 25.0 Å². The number of nitrogens with one attached hydrogen (secondary N) is 1. The van der Waals surface area contributed by atoms with Crippen molar-refractivity contribution in [3.63, 3.8) is 0 Å². The van der Waals surface area contributed by atoms with Gasteiger partial charge >= 0.3 is 0 Å². The third kappa shape index (κ3) is 4.74. The van der Waals surface area contributed by atoms with Gasteiger partial charge in [0.25, 0.3) is 5.91 Å². The van der Waals surface area contributed by atoms with Crippen LogP contribution in [0.2, 0.25) is 0 Å². The second-order valence-corrected chi connectivity index (χ2v) is 7.98. The van der Waals surface area contributed by atoms with E-state index in [9.17, 15) is 14.0 Å². The van der Waals surface area contributed by atoms with E-state index in [1.165, 1.54) is 38.5 Å². The number of para-hydroxylation sites is 1. The van der Waals surface area contributed by atoms with Crippen LogP contribution in [0.25, 0.3) is 22.3 Å². The fourth-order valence-corrected chi connectivity index (χ4v) is 3.97. The maximum atomic E-state index is 13.3. The van der Waals surface area contributed by atoms with E-state index >= 15 is 0 Å². The number of amides is 1. The molecule has 0 fully saturated rings. The summed E-state index contributed by atoms with van der Waals surface area (Å²) in [5, 5.41) is 2.90. The quantitative estimate of drug-likeness (QED) is 0.346. The average Bonchev–Trinajstić information content (AvgIpc) is 2.84. The van der Waals surface area contributed by atoms with Crippen molar-refractivity contribution in [3.05, 3.63) is 81.2 Å². The van der Waals surface area contributed by atoms with Crippen molar-refractivity contribution in [1.29, 1.82) is 0 Å². The number of fused-ring (bicyclic) bond motifs is 1. The van der Waals surface area contributed by atoms with Crippen LogP contribution in [0.1, 0.15) is 0 Å². The Morgan fingerprint density at radius 3 is 2.47 bits per heavy atom. The van der Waals surface area contributed by atoms with Crippen molar-refractivity contribution >= 4 is 38.5 Å². The summed E-state index contributed by atoms with van der Waals surface area (Å²) >= 11 is 3.44. The van der Waals surface area contributed by atoms with Gasteiger partial charge in [-0.05, 0) is 64.5 Å². The van der Waals surface area contributed by atoms with Crippen molar-refractivity contribution in [2.75, 3.05) is 26.1 Å². The standard InChI is InChI=1S/C25H19BrFNO6/c1-31-20-12-14(11-18(26)24(20)32-2)23-25(22(30)17-5-3-4-6-19(17)34-23)33-13-21(29)28-16-9-7-15(27)8-10-16/h3-12H,13H2,1-2H3,(H,28,29). The van der Waals surface area contributed by atoms with E-state index in [0.29, 0.717) is 38.2 Å². The smallest absolute Gasteiger partial charge is 0.262 e. The van der Waals surface area contributed by atoms with Crippen LogP contribution in [-0.2, 0) is 4.79 Å². The first-order valence-corrected chi connectivity index (χ1v) is 10.9. The van der Waals surface area contributed by atoms with E-state index in [-0.39, 0.29) is 11.5 Å². The molecule has 174 valence electrons. The van der Waals surface area contributed by atoms with Gasteiger partial charge in [0.2, 0.25) is 11.2 Å². The van der Waals surface area contributed by atoms with Crippen LogP contribution in [0.4, 0.5) is 10.1 Å². The number of halogens is 2. The molecular weight excluding hydrogens is 509 g/mol. The molecule has 1 N–H and O–H groups in total. The van der Waals surface area contributed by atoms with Crippen molar-refractivity contribution in [3.8, 4) is 28.6 Å². The van der Waals surface area contributed by atoms with Crippen LogP contribution in [0.15, 0.2) is 74.3 Å². The van der Waals surface area contributed by atoms with Crippen molar-refractivity contribution in [2.45, 2.75) is 0 Å². The molecule has 3 aromatic carbocycles. The largest absolute Gasteiger partial charge is 0.493 e. The minimum absolute atomic E-state index is 0.125. The molecule has 0 atom stereocenters. The van der Waals surface area contributed by atoms with Gasteiger partial charge < -0.3 is 23.9 Å². The number of carbonyl (C=O) groups excluding carboxylic acids is 1. The van der Waals surface area contributed by atoms with Gasteiger partial charge in [-0.15, -0.1) is 0 Å². The highest BCUT2D eigenvalue weighted by Crippen LogP contribution is 2.41. The van der Waals surface area contributed by atoms with E-state index in [0.717, 1.165) is 0 Å². The molecule has 0 saturated carbocycles. The molecule has 7 nitrogen and oxygen atoms in total.